The zero-order valence-corrected chi connectivity index (χ0v) is 27.2. The second-order valence-electron chi connectivity index (χ2n) is 11.1. The third kappa shape index (κ3) is 9.95. The van der Waals surface area contributed by atoms with Crippen LogP contribution in [-0.2, 0) is 41.5 Å². The van der Waals surface area contributed by atoms with Gasteiger partial charge in [-0.15, -0.1) is 0 Å². The van der Waals surface area contributed by atoms with Crippen LogP contribution in [0.4, 0.5) is 5.82 Å². The highest BCUT2D eigenvalue weighted by molar-refractivity contribution is 7.59. The zero-order chi connectivity index (χ0) is 34.4. The van der Waals surface area contributed by atoms with E-state index in [1.165, 1.54) is 10.9 Å². The van der Waals surface area contributed by atoms with E-state index < -0.39 is 84.0 Å². The summed E-state index contributed by atoms with van der Waals surface area (Å²) in [5, 5.41) is 41.4. The molecule has 22 heteroatoms. The number of rotatable bonds is 18. The third-order valence-electron chi connectivity index (χ3n) is 7.56. The van der Waals surface area contributed by atoms with Gasteiger partial charge in [0.25, 0.3) is 15.6 Å². The van der Waals surface area contributed by atoms with Crippen LogP contribution in [0.15, 0.2) is 12.7 Å². The van der Waals surface area contributed by atoms with Gasteiger partial charge < -0.3 is 59.2 Å². The number of unbranched alkanes of at least 4 members (excludes halogenated alkanes) is 6. The lowest BCUT2D eigenvalue weighted by Gasteiger charge is -2.32. The molecule has 4 rings (SSSR count). The van der Waals surface area contributed by atoms with Gasteiger partial charge in [-0.05, 0) is 6.42 Å². The maximum Gasteiger partial charge on any atom is 0.306 e. The van der Waals surface area contributed by atoms with Crippen molar-refractivity contribution in [3.63, 3.8) is 0 Å². The summed E-state index contributed by atoms with van der Waals surface area (Å²) in [5.74, 6) is -0.653. The molecule has 2 aliphatic heterocycles. The summed E-state index contributed by atoms with van der Waals surface area (Å²) < 4.78 is 54.5. The molecule has 0 bridgehead atoms. The number of anilines is 1. The summed E-state index contributed by atoms with van der Waals surface area (Å²) in [5.41, 5.74) is 6.07. The Morgan fingerprint density at radius 2 is 1.53 bits per heavy atom. The van der Waals surface area contributed by atoms with Crippen molar-refractivity contribution in [1.82, 2.24) is 19.5 Å². The molecule has 0 saturated carbocycles. The van der Waals surface area contributed by atoms with E-state index in [0.29, 0.717) is 6.42 Å². The predicted molar refractivity (Wildman–Crippen MR) is 153 cm³/mol. The van der Waals surface area contributed by atoms with Gasteiger partial charge in [-0.25, -0.2) is 19.3 Å². The fourth-order valence-corrected chi connectivity index (χ4v) is 7.09. The summed E-state index contributed by atoms with van der Waals surface area (Å²) in [6.07, 6.45) is -3.57. The van der Waals surface area contributed by atoms with Crippen LogP contribution in [0.2, 0.25) is 0 Å². The van der Waals surface area contributed by atoms with Crippen LogP contribution in [0.5, 0.6) is 0 Å². The van der Waals surface area contributed by atoms with Gasteiger partial charge in [0.15, 0.2) is 30.1 Å². The Bertz CT molecular complexity index is 1430. The number of carbonyl (C=O) groups is 1. The molecule has 3 unspecified atom stereocenters. The normalized spacial score (nSPS) is 30.4. The van der Waals surface area contributed by atoms with E-state index in [9.17, 15) is 44.1 Å². The number of hydrogen-bond acceptors (Lipinski definition) is 19. The van der Waals surface area contributed by atoms with Gasteiger partial charge in [0.05, 0.1) is 19.5 Å². The van der Waals surface area contributed by atoms with Gasteiger partial charge in [0.1, 0.15) is 42.4 Å². The molecule has 4 heterocycles. The van der Waals surface area contributed by atoms with Gasteiger partial charge in [-0.2, -0.15) is 0 Å². The summed E-state index contributed by atoms with van der Waals surface area (Å²) in [4.78, 5) is 48.5. The van der Waals surface area contributed by atoms with Crippen LogP contribution in [-0.4, -0.2) is 102 Å². The van der Waals surface area contributed by atoms with Gasteiger partial charge in [0, 0.05) is 6.42 Å². The second-order valence-corrected chi connectivity index (χ2v) is 14.0. The van der Waals surface area contributed by atoms with E-state index in [4.69, 9.17) is 19.9 Å². The van der Waals surface area contributed by atoms with Crippen LogP contribution >= 0.6 is 15.6 Å². The number of nitrogen functional groups attached to an aromatic ring is 1. The van der Waals surface area contributed by atoms with Crippen molar-refractivity contribution in [2.75, 3.05) is 18.9 Å². The molecule has 0 spiro atoms. The van der Waals surface area contributed by atoms with E-state index in [0.717, 1.165) is 44.9 Å². The number of fused-ring (bicyclic) bond motifs is 1. The maximum absolute atomic E-state index is 12.3. The van der Waals surface area contributed by atoms with Crippen LogP contribution in [0.1, 0.15) is 64.5 Å². The summed E-state index contributed by atoms with van der Waals surface area (Å²) in [7, 11) is -11.4. The minimum absolute atomic E-state index is 0.0397. The maximum atomic E-state index is 12.3. The number of ether oxygens (including phenoxy) is 3. The lowest BCUT2D eigenvalue weighted by atomic mass is 10.1. The van der Waals surface area contributed by atoms with Crippen LogP contribution in [0.25, 0.3) is 11.2 Å². The predicted octanol–water partition coefficient (Wildman–Crippen LogP) is -0.855. The van der Waals surface area contributed by atoms with Crippen molar-refractivity contribution in [2.45, 2.75) is 107 Å². The van der Waals surface area contributed by atoms with Crippen LogP contribution in [0.3, 0.4) is 0 Å². The van der Waals surface area contributed by atoms with Crippen molar-refractivity contribution in [1.29, 1.82) is 0 Å². The van der Waals surface area contributed by atoms with Gasteiger partial charge >= 0.3 is 5.97 Å². The van der Waals surface area contributed by atoms with E-state index in [2.05, 4.69) is 35.2 Å². The Morgan fingerprint density at radius 3 is 2.19 bits per heavy atom. The molecule has 20 nitrogen and oxygen atoms in total. The lowest BCUT2D eigenvalue weighted by Crippen LogP contribution is -2.38. The van der Waals surface area contributed by atoms with Crippen LogP contribution < -0.4 is 15.5 Å². The van der Waals surface area contributed by atoms with E-state index in [1.807, 2.05) is 0 Å². The number of esters is 1. The molecule has 2 saturated heterocycles. The molecule has 2 aromatic rings. The molecular weight excluding hydrogens is 672 g/mol. The zero-order valence-electron chi connectivity index (χ0n) is 25.4. The van der Waals surface area contributed by atoms with Crippen molar-refractivity contribution in [3.8, 4) is 0 Å². The summed E-state index contributed by atoms with van der Waals surface area (Å²) >= 11 is 0. The molecule has 47 heavy (non-hydrogen) atoms. The Kier molecular flexibility index (Phi) is 13.2. The molecule has 266 valence electrons. The lowest BCUT2D eigenvalue weighted by molar-refractivity contribution is -0.247. The Labute approximate surface area is 269 Å². The van der Waals surface area contributed by atoms with Crippen molar-refractivity contribution in [3.05, 3.63) is 12.7 Å². The SMILES string of the molecule is CCCCCCCCCC(=O)O[C@H]1C(O)O[C@H](COP(=O)([O-])OP(=O)([O-])OC[C@H]2O[C@@H](n3cnc4c(N)ncnc43)[C@H](O)[C@@H]2O)[C@H]1O. The first-order chi connectivity index (χ1) is 22.2. The van der Waals surface area contributed by atoms with E-state index >= 15 is 0 Å². The molecule has 0 aliphatic carbocycles. The summed E-state index contributed by atoms with van der Waals surface area (Å²) in [6, 6.07) is 0. The van der Waals surface area contributed by atoms with Gasteiger partial charge in [-0.1, -0.05) is 45.4 Å². The number of nitrogens with two attached hydrogens (primary N) is 1. The van der Waals surface area contributed by atoms with E-state index in [1.54, 1.807) is 0 Å². The van der Waals surface area contributed by atoms with Crippen molar-refractivity contribution < 1.29 is 71.7 Å². The number of carbonyl (C=O) groups excluding carboxylic acids is 1. The molecule has 6 N–H and O–H groups in total. The number of aromatic nitrogens is 4. The highest BCUT2D eigenvalue weighted by Gasteiger charge is 2.47. The molecule has 0 radical (unpaired) electrons. The highest BCUT2D eigenvalue weighted by Crippen LogP contribution is 2.56. The smallest absolute Gasteiger partial charge is 0.306 e. The fraction of sp³-hybridized carbons (Fsp3) is 0.760. The molecule has 0 aromatic carbocycles. The molecule has 10 atom stereocenters. The minimum Gasteiger partial charge on any atom is -0.756 e. The number of imidazole rings is 1. The number of aliphatic hydroxyl groups is 4. The van der Waals surface area contributed by atoms with E-state index in [-0.39, 0.29) is 23.4 Å². The Balaban J connectivity index is 1.21. The standard InChI is InChI=1S/C25H41N5O15P2/c1-2-3-4-5-6-7-8-9-16(31)44-21-19(33)15(43-25(21)35)11-41-47(38,39)45-46(36,37)40-10-14-18(32)20(34)24(42-14)30-13-29-17-22(26)27-12-28-23(17)30/h12-15,18-21,24-25,32-35H,2-11H2,1H3,(H,36,37)(H,38,39)(H2,26,27,28)/p-2/t14-,15-,18-,19-,20-,21-,24-,25?/m1/s1. The van der Waals surface area contributed by atoms with Crippen LogP contribution in [0, 0.1) is 0 Å². The van der Waals surface area contributed by atoms with Crippen molar-refractivity contribution >= 4 is 38.6 Å². The quantitative estimate of drug-likeness (QED) is 0.0714. The minimum atomic E-state index is -5.68. The fourth-order valence-electron chi connectivity index (χ4n) is 5.07. The number of hydrogen-bond donors (Lipinski definition) is 5. The number of nitrogens with zero attached hydrogens (tertiary/aromatic N) is 4. The second kappa shape index (κ2) is 16.5. The summed E-state index contributed by atoms with van der Waals surface area (Å²) in [6.45, 7) is 0.109. The molecular formula is C25H39N5O15P2-2. The van der Waals surface area contributed by atoms with Crippen molar-refractivity contribution in [2.24, 2.45) is 0 Å². The number of phosphoric ester groups is 2. The third-order valence-corrected chi connectivity index (χ3v) is 10.1. The largest absolute Gasteiger partial charge is 0.756 e. The molecule has 0 amide bonds. The first-order valence-electron chi connectivity index (χ1n) is 15.0. The van der Waals surface area contributed by atoms with Gasteiger partial charge in [-0.3, -0.25) is 18.5 Å². The topological polar surface area (TPSA) is 303 Å². The number of phosphoric acid groups is 2. The monoisotopic (exact) mass is 711 g/mol. The molecule has 2 fully saturated rings. The highest BCUT2D eigenvalue weighted by atomic mass is 31.3. The first kappa shape index (κ1) is 37.7. The Morgan fingerprint density at radius 1 is 0.915 bits per heavy atom. The average molecular weight is 712 g/mol. The molecule has 2 aliphatic rings. The molecule has 2 aromatic heterocycles. The van der Waals surface area contributed by atoms with Gasteiger partial charge in [0.2, 0.25) is 0 Å². The average Bonchev–Trinajstić information content (AvgIpc) is 3.64. The first-order valence-corrected chi connectivity index (χ1v) is 17.9. The Hall–Kier alpha value is -2.16. The number of aliphatic hydroxyl groups excluding tert-OH is 4.